The highest BCUT2D eigenvalue weighted by atomic mass is 19.4. The smallest absolute Gasteiger partial charge is 0.393 e. The number of aryl methyl sites for hydroxylation is 1. The van der Waals surface area contributed by atoms with Crippen LogP contribution in [0.5, 0.6) is 0 Å². The molecule has 1 saturated heterocycles. The van der Waals surface area contributed by atoms with Crippen molar-refractivity contribution in [3.63, 3.8) is 0 Å². The van der Waals surface area contributed by atoms with E-state index >= 15 is 0 Å². The second-order valence-electron chi connectivity index (χ2n) is 7.09. The number of anilines is 1. The summed E-state index contributed by atoms with van der Waals surface area (Å²) in [5.41, 5.74) is 1.29. The van der Waals surface area contributed by atoms with E-state index in [9.17, 15) is 18.0 Å². The van der Waals surface area contributed by atoms with Crippen molar-refractivity contribution in [1.29, 1.82) is 0 Å². The van der Waals surface area contributed by atoms with Crippen LogP contribution in [-0.4, -0.2) is 42.4 Å². The summed E-state index contributed by atoms with van der Waals surface area (Å²) >= 11 is 0. The van der Waals surface area contributed by atoms with Crippen molar-refractivity contribution in [1.82, 2.24) is 9.97 Å². The van der Waals surface area contributed by atoms with Crippen molar-refractivity contribution in [2.45, 2.75) is 38.3 Å². The molecule has 1 unspecified atom stereocenters. The molecular formula is C22H22F3N3O4. The summed E-state index contributed by atoms with van der Waals surface area (Å²) in [5.74, 6) is 2.65. The number of carbonyl (C=O) groups is 1. The first-order valence-electron chi connectivity index (χ1n) is 9.76. The van der Waals surface area contributed by atoms with Gasteiger partial charge in [-0.05, 0) is 18.1 Å². The van der Waals surface area contributed by atoms with E-state index in [2.05, 4.69) is 21.2 Å². The Morgan fingerprint density at radius 1 is 1.34 bits per heavy atom. The Bertz CT molecular complexity index is 1010. The molecule has 0 aliphatic carbocycles. The van der Waals surface area contributed by atoms with Gasteiger partial charge in [0.1, 0.15) is 17.7 Å². The minimum absolute atomic E-state index is 0.0879. The lowest BCUT2D eigenvalue weighted by molar-refractivity contribution is -0.140. The SMILES string of the molecule is C#CC(Nc1nc(C)nc(CC(=O)OC)c1C1OCCO1)c1cccc(CC(F)(F)F)c1. The zero-order valence-corrected chi connectivity index (χ0v) is 17.5. The topological polar surface area (TPSA) is 82.6 Å². The standard InChI is InChI=1S/C22H22F3N3O4/c1-4-16(15-7-5-6-14(10-15)12-22(23,24)25)28-20-19(21-31-8-9-32-21)17(11-18(29)30-3)26-13(2)27-20/h1,5-7,10,16,21H,8-9,11-12H2,2-3H3,(H,26,27,28). The molecule has 2 heterocycles. The van der Waals surface area contributed by atoms with Crippen molar-refractivity contribution < 1.29 is 32.2 Å². The molecule has 1 aromatic heterocycles. The second-order valence-corrected chi connectivity index (χ2v) is 7.09. The molecule has 1 fully saturated rings. The lowest BCUT2D eigenvalue weighted by Crippen LogP contribution is -2.19. The number of aromatic nitrogens is 2. The first kappa shape index (κ1) is 23.5. The average molecular weight is 449 g/mol. The van der Waals surface area contributed by atoms with E-state index in [-0.39, 0.29) is 17.8 Å². The molecule has 2 aromatic rings. The maximum absolute atomic E-state index is 12.8. The summed E-state index contributed by atoms with van der Waals surface area (Å²) in [5, 5.41) is 3.07. The predicted octanol–water partition coefficient (Wildman–Crippen LogP) is 3.44. The third kappa shape index (κ3) is 5.96. The maximum Gasteiger partial charge on any atom is 0.393 e. The van der Waals surface area contributed by atoms with Crippen LogP contribution < -0.4 is 5.32 Å². The Balaban J connectivity index is 1.98. The second kappa shape index (κ2) is 9.97. The van der Waals surface area contributed by atoms with Gasteiger partial charge >= 0.3 is 12.1 Å². The zero-order chi connectivity index (χ0) is 23.3. The molecule has 0 spiro atoms. The van der Waals surface area contributed by atoms with Gasteiger partial charge in [-0.25, -0.2) is 9.97 Å². The zero-order valence-electron chi connectivity index (χ0n) is 17.5. The lowest BCUT2D eigenvalue weighted by atomic mass is 10.0. The van der Waals surface area contributed by atoms with Crippen LogP contribution in [0.25, 0.3) is 0 Å². The molecule has 32 heavy (non-hydrogen) atoms. The number of methoxy groups -OCH3 is 1. The fourth-order valence-electron chi connectivity index (χ4n) is 3.34. The number of nitrogens with one attached hydrogen (secondary N) is 1. The molecule has 3 rings (SSSR count). The van der Waals surface area contributed by atoms with Crippen molar-refractivity contribution in [3.8, 4) is 12.3 Å². The van der Waals surface area contributed by atoms with Gasteiger partial charge in [0.2, 0.25) is 0 Å². The maximum atomic E-state index is 12.8. The van der Waals surface area contributed by atoms with Gasteiger partial charge in [0.05, 0.1) is 44.4 Å². The number of hydrogen-bond acceptors (Lipinski definition) is 7. The van der Waals surface area contributed by atoms with Crippen LogP contribution in [-0.2, 0) is 31.8 Å². The quantitative estimate of drug-likeness (QED) is 0.512. The number of esters is 1. The van der Waals surface area contributed by atoms with E-state index < -0.39 is 30.9 Å². The van der Waals surface area contributed by atoms with Crippen LogP contribution in [0.3, 0.4) is 0 Å². The largest absolute Gasteiger partial charge is 0.469 e. The van der Waals surface area contributed by atoms with Crippen LogP contribution in [0.15, 0.2) is 24.3 Å². The van der Waals surface area contributed by atoms with Gasteiger partial charge < -0.3 is 19.5 Å². The minimum atomic E-state index is -4.34. The van der Waals surface area contributed by atoms with Crippen molar-refractivity contribution in [2.75, 3.05) is 25.6 Å². The Kier molecular flexibility index (Phi) is 7.33. The number of nitrogens with zero attached hydrogens (tertiary/aromatic N) is 2. The van der Waals surface area contributed by atoms with Crippen LogP contribution in [0, 0.1) is 19.3 Å². The van der Waals surface area contributed by atoms with E-state index in [0.29, 0.717) is 35.9 Å². The van der Waals surface area contributed by atoms with E-state index in [1.54, 1.807) is 13.0 Å². The number of ether oxygens (including phenoxy) is 3. The predicted molar refractivity (Wildman–Crippen MR) is 109 cm³/mol. The average Bonchev–Trinajstić information content (AvgIpc) is 3.24. The van der Waals surface area contributed by atoms with Gasteiger partial charge in [-0.2, -0.15) is 13.2 Å². The van der Waals surface area contributed by atoms with Gasteiger partial charge in [-0.1, -0.05) is 30.2 Å². The molecule has 0 radical (unpaired) electrons. The highest BCUT2D eigenvalue weighted by molar-refractivity contribution is 5.73. The third-order valence-corrected chi connectivity index (χ3v) is 4.67. The van der Waals surface area contributed by atoms with Gasteiger partial charge in [-0.3, -0.25) is 4.79 Å². The van der Waals surface area contributed by atoms with E-state index in [1.807, 2.05) is 0 Å². The van der Waals surface area contributed by atoms with E-state index in [4.69, 9.17) is 20.6 Å². The number of alkyl halides is 3. The molecule has 10 heteroatoms. The first-order valence-corrected chi connectivity index (χ1v) is 9.76. The summed E-state index contributed by atoms with van der Waals surface area (Å²) in [7, 11) is 1.26. The first-order chi connectivity index (χ1) is 15.2. The summed E-state index contributed by atoms with van der Waals surface area (Å²) in [6.45, 7) is 2.32. The fraction of sp³-hybridized carbons (Fsp3) is 0.409. The van der Waals surface area contributed by atoms with E-state index in [0.717, 1.165) is 0 Å². The number of hydrogen-bond donors (Lipinski definition) is 1. The highest BCUT2D eigenvalue weighted by Crippen LogP contribution is 2.33. The Morgan fingerprint density at radius 3 is 2.69 bits per heavy atom. The third-order valence-electron chi connectivity index (χ3n) is 4.67. The van der Waals surface area contributed by atoms with Crippen molar-refractivity contribution in [3.05, 3.63) is 52.5 Å². The summed E-state index contributed by atoms with van der Waals surface area (Å²) in [6.07, 6.45) is -0.678. The van der Waals surface area contributed by atoms with Gasteiger partial charge in [0.25, 0.3) is 0 Å². The summed E-state index contributed by atoms with van der Waals surface area (Å²) < 4.78 is 54.4. The molecular weight excluding hydrogens is 427 g/mol. The molecule has 1 aliphatic rings. The number of halogens is 3. The lowest BCUT2D eigenvalue weighted by Gasteiger charge is -2.22. The molecule has 170 valence electrons. The minimum Gasteiger partial charge on any atom is -0.469 e. The number of terminal acetylenes is 1. The van der Waals surface area contributed by atoms with Crippen LogP contribution in [0.4, 0.5) is 19.0 Å². The van der Waals surface area contributed by atoms with Crippen LogP contribution in [0.2, 0.25) is 0 Å². The molecule has 1 atom stereocenters. The normalized spacial score (nSPS) is 15.2. The van der Waals surface area contributed by atoms with Crippen molar-refractivity contribution in [2.24, 2.45) is 0 Å². The molecule has 7 nitrogen and oxygen atoms in total. The number of rotatable bonds is 7. The molecule has 0 bridgehead atoms. The van der Waals surface area contributed by atoms with Crippen molar-refractivity contribution >= 4 is 11.8 Å². The number of benzene rings is 1. The summed E-state index contributed by atoms with van der Waals surface area (Å²) in [4.78, 5) is 20.6. The Morgan fingerprint density at radius 2 is 2.06 bits per heavy atom. The summed E-state index contributed by atoms with van der Waals surface area (Å²) in [6, 6.07) is 5.13. The monoisotopic (exact) mass is 449 g/mol. The van der Waals surface area contributed by atoms with Crippen LogP contribution in [0.1, 0.15) is 40.5 Å². The van der Waals surface area contributed by atoms with Crippen LogP contribution >= 0.6 is 0 Å². The molecule has 0 amide bonds. The Labute approximate surface area is 183 Å². The fourth-order valence-corrected chi connectivity index (χ4v) is 3.34. The molecule has 1 aromatic carbocycles. The molecule has 1 aliphatic heterocycles. The van der Waals surface area contributed by atoms with E-state index in [1.165, 1.54) is 25.3 Å². The van der Waals surface area contributed by atoms with Gasteiger partial charge in [0.15, 0.2) is 6.29 Å². The molecule has 0 saturated carbocycles. The highest BCUT2D eigenvalue weighted by Gasteiger charge is 2.30. The Hall–Kier alpha value is -3.16. The van der Waals surface area contributed by atoms with Gasteiger partial charge in [-0.15, -0.1) is 6.42 Å². The molecule has 1 N–H and O–H groups in total. The number of carbonyl (C=O) groups excluding carboxylic acids is 1. The van der Waals surface area contributed by atoms with Gasteiger partial charge in [0, 0.05) is 0 Å².